The number of fused-ring (bicyclic) bond motifs is 1. The molecule has 4 aliphatic heterocycles. The summed E-state index contributed by atoms with van der Waals surface area (Å²) < 4.78 is 5.05. The van der Waals surface area contributed by atoms with Crippen molar-refractivity contribution in [3.05, 3.63) is 10.8 Å². The topological polar surface area (TPSA) is 123 Å². The number of hydrogen-bond donors (Lipinski definition) is 3. The third-order valence-electron chi connectivity index (χ3n) is 6.99. The first-order valence-electron chi connectivity index (χ1n) is 11.2. The number of thioether (sulfide) groups is 1. The number of aliphatic hydroxyl groups is 1. The lowest BCUT2D eigenvalue weighted by molar-refractivity contribution is -0.163. The van der Waals surface area contributed by atoms with Crippen LogP contribution in [0.1, 0.15) is 26.7 Å². The molecule has 11 heteroatoms. The van der Waals surface area contributed by atoms with Gasteiger partial charge >= 0.3 is 6.16 Å². The zero-order valence-corrected chi connectivity index (χ0v) is 19.5. The van der Waals surface area contributed by atoms with Crippen LogP contribution < -0.4 is 5.32 Å². The average Bonchev–Trinajstić information content (AvgIpc) is 3.02. The number of ether oxygens (including phenoxy) is 1. The smallest absolute Gasteiger partial charge is 0.449 e. The second kappa shape index (κ2) is 9.20. The molecule has 178 valence electrons. The minimum atomic E-state index is -1.47. The summed E-state index contributed by atoms with van der Waals surface area (Å²) in [5, 5.41) is 22.7. The fourth-order valence-corrected chi connectivity index (χ4v) is 6.93. The van der Waals surface area contributed by atoms with Gasteiger partial charge in [-0.05, 0) is 33.4 Å². The molecule has 0 spiro atoms. The van der Waals surface area contributed by atoms with E-state index in [1.807, 2.05) is 18.9 Å². The summed E-state index contributed by atoms with van der Waals surface area (Å²) in [5.74, 6) is -0.813. The van der Waals surface area contributed by atoms with Crippen LogP contribution in [0.2, 0.25) is 0 Å². The van der Waals surface area contributed by atoms with Gasteiger partial charge in [0.1, 0.15) is 0 Å². The highest BCUT2D eigenvalue weighted by Crippen LogP contribution is 2.52. The van der Waals surface area contributed by atoms with Gasteiger partial charge in [0.2, 0.25) is 17.7 Å². The van der Waals surface area contributed by atoms with Crippen LogP contribution in [0.25, 0.3) is 0 Å². The fourth-order valence-electron chi connectivity index (χ4n) is 5.39. The van der Waals surface area contributed by atoms with Crippen molar-refractivity contribution in [3.63, 3.8) is 0 Å². The van der Waals surface area contributed by atoms with E-state index >= 15 is 0 Å². The van der Waals surface area contributed by atoms with Crippen molar-refractivity contribution >= 4 is 29.7 Å². The molecule has 0 aromatic heterocycles. The predicted molar refractivity (Wildman–Crippen MR) is 118 cm³/mol. The number of carboxylic acid groups (broad SMARTS) is 1. The quantitative estimate of drug-likeness (QED) is 0.387. The van der Waals surface area contributed by atoms with E-state index in [0.717, 1.165) is 26.1 Å². The summed E-state index contributed by atoms with van der Waals surface area (Å²) >= 11 is 1.50. The number of nitrogens with zero attached hydrogens (tertiary/aromatic N) is 3. The maximum Gasteiger partial charge on any atom is 0.512 e. The molecule has 0 bridgehead atoms. The van der Waals surface area contributed by atoms with Gasteiger partial charge in [-0.15, -0.1) is 11.8 Å². The van der Waals surface area contributed by atoms with Crippen molar-refractivity contribution in [1.82, 2.24) is 20.0 Å². The van der Waals surface area contributed by atoms with Gasteiger partial charge in [0.05, 0.1) is 29.0 Å². The molecule has 0 aliphatic carbocycles. The van der Waals surface area contributed by atoms with E-state index in [-0.39, 0.29) is 40.9 Å². The van der Waals surface area contributed by atoms with E-state index in [1.54, 1.807) is 6.92 Å². The molecule has 5 unspecified atom stereocenters. The second-order valence-corrected chi connectivity index (χ2v) is 10.5. The van der Waals surface area contributed by atoms with E-state index in [9.17, 15) is 24.6 Å². The summed E-state index contributed by atoms with van der Waals surface area (Å²) in [6.07, 6.45) is -0.690. The number of likely N-dealkylation sites (tertiary alicyclic amines) is 1. The molecule has 3 saturated heterocycles. The molecule has 6 atom stereocenters. The first-order valence-corrected chi connectivity index (χ1v) is 12.1. The van der Waals surface area contributed by atoms with Gasteiger partial charge in [0, 0.05) is 37.3 Å². The van der Waals surface area contributed by atoms with E-state index in [1.165, 1.54) is 16.7 Å². The Labute approximate surface area is 191 Å². The highest BCUT2D eigenvalue weighted by Gasteiger charge is 2.60. The van der Waals surface area contributed by atoms with Crippen LogP contribution in [0, 0.1) is 11.8 Å². The van der Waals surface area contributed by atoms with Crippen molar-refractivity contribution in [2.24, 2.45) is 11.8 Å². The SMILES string of the molecule is CC(O)C1C(=O)N2C(OC(=O)O)=C(SC3CC(C(=O)N4CCCNCC4)N(C)C3)C(C)[C@@H]12. The fraction of sp³-hybridized carbons (Fsp3) is 0.762. The molecule has 0 aromatic rings. The van der Waals surface area contributed by atoms with Crippen LogP contribution in [-0.2, 0) is 14.3 Å². The third kappa shape index (κ3) is 4.11. The van der Waals surface area contributed by atoms with Gasteiger partial charge in [-0.1, -0.05) is 6.92 Å². The average molecular weight is 469 g/mol. The molecule has 3 N–H and O–H groups in total. The number of aliphatic hydroxyl groups excluding tert-OH is 1. The Hall–Kier alpha value is -1.82. The number of carbonyl (C=O) groups is 3. The Morgan fingerprint density at radius 2 is 2.03 bits per heavy atom. The van der Waals surface area contributed by atoms with Crippen LogP contribution in [-0.4, -0.2) is 106 Å². The number of carbonyl (C=O) groups excluding carboxylic acids is 2. The minimum absolute atomic E-state index is 0.0675. The molecule has 3 fully saturated rings. The van der Waals surface area contributed by atoms with E-state index in [2.05, 4.69) is 10.2 Å². The van der Waals surface area contributed by atoms with Gasteiger partial charge in [-0.25, -0.2) is 4.79 Å². The van der Waals surface area contributed by atoms with Crippen molar-refractivity contribution in [1.29, 1.82) is 0 Å². The highest BCUT2D eigenvalue weighted by molar-refractivity contribution is 8.03. The van der Waals surface area contributed by atoms with Crippen LogP contribution >= 0.6 is 11.8 Å². The molecule has 4 aliphatic rings. The van der Waals surface area contributed by atoms with Crippen LogP contribution in [0.5, 0.6) is 0 Å². The van der Waals surface area contributed by atoms with Gasteiger partial charge in [-0.3, -0.25) is 19.4 Å². The van der Waals surface area contributed by atoms with Gasteiger partial charge in [0.25, 0.3) is 0 Å². The summed E-state index contributed by atoms with van der Waals surface area (Å²) in [7, 11) is 1.94. The molecule has 0 saturated carbocycles. The number of β-lactam (4-membered cyclic amide) rings is 1. The number of likely N-dealkylation sites (N-methyl/N-ethyl adjacent to an activating group) is 1. The number of nitrogens with one attached hydrogen (secondary N) is 1. The molecule has 2 amide bonds. The molecule has 4 heterocycles. The lowest BCUT2D eigenvalue weighted by Gasteiger charge is -2.45. The first-order chi connectivity index (χ1) is 15.2. The van der Waals surface area contributed by atoms with E-state index in [0.29, 0.717) is 24.4 Å². The van der Waals surface area contributed by atoms with Crippen molar-refractivity contribution in [3.8, 4) is 0 Å². The summed E-state index contributed by atoms with van der Waals surface area (Å²) in [5.41, 5.74) is 0. The summed E-state index contributed by atoms with van der Waals surface area (Å²) in [4.78, 5) is 43.1. The van der Waals surface area contributed by atoms with Crippen LogP contribution in [0.4, 0.5) is 4.79 Å². The molecule has 4 rings (SSSR count). The molecule has 0 radical (unpaired) electrons. The van der Waals surface area contributed by atoms with Crippen molar-refractivity contribution in [2.45, 2.75) is 50.1 Å². The third-order valence-corrected chi connectivity index (χ3v) is 8.46. The predicted octanol–water partition coefficient (Wildman–Crippen LogP) is 0.335. The molecular formula is C21H32N4O6S. The number of hydrogen-bond acceptors (Lipinski definition) is 8. The lowest BCUT2D eigenvalue weighted by atomic mass is 9.79. The van der Waals surface area contributed by atoms with Gasteiger partial charge < -0.3 is 25.2 Å². The summed E-state index contributed by atoms with van der Waals surface area (Å²) in [6, 6.07) is -0.517. The number of amides is 2. The largest absolute Gasteiger partial charge is 0.512 e. The Balaban J connectivity index is 1.49. The summed E-state index contributed by atoms with van der Waals surface area (Å²) in [6.45, 7) is 7.39. The lowest BCUT2D eigenvalue weighted by Crippen LogP contribution is -2.63. The Kier molecular flexibility index (Phi) is 6.71. The standard InChI is InChI=1S/C21H32N4O6S/c1-11-16-15(12(2)26)19(28)25(16)20(31-21(29)30)17(11)32-13-9-14(23(3)10-13)18(27)24-7-4-5-22-6-8-24/h11-16,22,26H,4-10H2,1-3H3,(H,29,30)/t11?,12?,13?,14?,15?,16-/m0/s1. The second-order valence-electron chi connectivity index (χ2n) is 9.15. The Bertz CT molecular complexity index is 812. The highest BCUT2D eigenvalue weighted by atomic mass is 32.2. The van der Waals surface area contributed by atoms with Crippen molar-refractivity contribution < 1.29 is 29.3 Å². The minimum Gasteiger partial charge on any atom is -0.449 e. The molecule has 0 aromatic carbocycles. The van der Waals surface area contributed by atoms with E-state index in [4.69, 9.17) is 4.74 Å². The molecular weight excluding hydrogens is 436 g/mol. The Morgan fingerprint density at radius 1 is 1.28 bits per heavy atom. The van der Waals surface area contributed by atoms with Crippen molar-refractivity contribution in [2.75, 3.05) is 39.8 Å². The monoisotopic (exact) mass is 468 g/mol. The normalized spacial score (nSPS) is 34.2. The number of rotatable bonds is 5. The Morgan fingerprint density at radius 3 is 2.72 bits per heavy atom. The maximum atomic E-state index is 13.1. The van der Waals surface area contributed by atoms with Gasteiger partial charge in [-0.2, -0.15) is 0 Å². The van der Waals surface area contributed by atoms with Gasteiger partial charge in [0.15, 0.2) is 0 Å². The van der Waals surface area contributed by atoms with Crippen LogP contribution in [0.15, 0.2) is 10.8 Å². The zero-order chi connectivity index (χ0) is 23.2. The van der Waals surface area contributed by atoms with Crippen LogP contribution in [0.3, 0.4) is 0 Å². The van der Waals surface area contributed by atoms with E-state index < -0.39 is 18.2 Å². The molecule has 32 heavy (non-hydrogen) atoms. The first kappa shape index (κ1) is 23.3. The zero-order valence-electron chi connectivity index (χ0n) is 18.7. The maximum absolute atomic E-state index is 13.1. The molecule has 10 nitrogen and oxygen atoms in total.